The van der Waals surface area contributed by atoms with Gasteiger partial charge < -0.3 is 20.3 Å². The standard InChI is InChI=1S/C24H25ClN6O3/c1-2-34-23(32)21-19(28-24(33)29-22(21)17-3-5-18(25)6-4-17)15-30-9-11-31(12-10-30)20-13-16(14-26)7-8-27-20/h3-8,13,22H,2,9-12,15H2,1H3,(H2,28,29,33). The molecule has 3 heterocycles. The maximum Gasteiger partial charge on any atom is 0.338 e. The van der Waals surface area contributed by atoms with Crippen LogP contribution < -0.4 is 15.5 Å². The molecule has 1 saturated heterocycles. The highest BCUT2D eigenvalue weighted by Gasteiger charge is 2.34. The van der Waals surface area contributed by atoms with Gasteiger partial charge in [0.2, 0.25) is 0 Å². The molecule has 1 unspecified atom stereocenters. The van der Waals surface area contributed by atoms with E-state index in [-0.39, 0.29) is 12.6 Å². The number of amides is 2. The molecule has 0 bridgehead atoms. The number of piperazine rings is 1. The van der Waals surface area contributed by atoms with E-state index >= 15 is 0 Å². The first-order chi connectivity index (χ1) is 16.5. The van der Waals surface area contributed by atoms with E-state index < -0.39 is 12.0 Å². The fourth-order valence-corrected chi connectivity index (χ4v) is 4.24. The third-order valence-electron chi connectivity index (χ3n) is 5.80. The van der Waals surface area contributed by atoms with Gasteiger partial charge in [-0.05, 0) is 36.8 Å². The highest BCUT2D eigenvalue weighted by atomic mass is 35.5. The van der Waals surface area contributed by atoms with E-state index in [1.54, 1.807) is 49.5 Å². The molecule has 2 amide bonds. The van der Waals surface area contributed by atoms with Crippen LogP contribution >= 0.6 is 11.6 Å². The minimum Gasteiger partial charge on any atom is -0.463 e. The van der Waals surface area contributed by atoms with Crippen LogP contribution in [0.3, 0.4) is 0 Å². The number of hydrogen-bond acceptors (Lipinski definition) is 7. The number of esters is 1. The molecular formula is C24H25ClN6O3. The summed E-state index contributed by atoms with van der Waals surface area (Å²) in [5.41, 5.74) is 2.23. The number of benzene rings is 1. The molecule has 1 atom stereocenters. The van der Waals surface area contributed by atoms with Crippen molar-refractivity contribution in [3.63, 3.8) is 0 Å². The number of nitriles is 1. The highest BCUT2D eigenvalue weighted by Crippen LogP contribution is 2.29. The van der Waals surface area contributed by atoms with Gasteiger partial charge in [-0.2, -0.15) is 5.26 Å². The minimum atomic E-state index is -0.640. The Balaban J connectivity index is 1.54. The van der Waals surface area contributed by atoms with E-state index in [1.807, 2.05) is 0 Å². The summed E-state index contributed by atoms with van der Waals surface area (Å²) >= 11 is 6.02. The largest absolute Gasteiger partial charge is 0.463 e. The maximum atomic E-state index is 12.9. The quantitative estimate of drug-likeness (QED) is 0.611. The van der Waals surface area contributed by atoms with Gasteiger partial charge in [0.25, 0.3) is 0 Å². The number of aromatic nitrogens is 1. The number of nitrogens with one attached hydrogen (secondary N) is 2. The maximum absolute atomic E-state index is 12.9. The number of carbonyl (C=O) groups is 2. The fourth-order valence-electron chi connectivity index (χ4n) is 4.12. The van der Waals surface area contributed by atoms with E-state index in [0.29, 0.717) is 54.6 Å². The molecule has 2 N–H and O–H groups in total. The number of rotatable bonds is 6. The monoisotopic (exact) mass is 480 g/mol. The highest BCUT2D eigenvalue weighted by molar-refractivity contribution is 6.30. The summed E-state index contributed by atoms with van der Waals surface area (Å²) in [6.45, 7) is 5.18. The second-order valence-electron chi connectivity index (χ2n) is 7.97. The lowest BCUT2D eigenvalue weighted by Gasteiger charge is -2.37. The first-order valence-electron chi connectivity index (χ1n) is 11.0. The van der Waals surface area contributed by atoms with Crippen molar-refractivity contribution in [1.29, 1.82) is 5.26 Å². The van der Waals surface area contributed by atoms with Crippen LogP contribution in [0.15, 0.2) is 53.9 Å². The first-order valence-corrected chi connectivity index (χ1v) is 11.4. The molecule has 2 aliphatic rings. The van der Waals surface area contributed by atoms with Crippen molar-refractivity contribution in [3.8, 4) is 6.07 Å². The summed E-state index contributed by atoms with van der Waals surface area (Å²) < 4.78 is 5.33. The SMILES string of the molecule is CCOC(=O)C1=C(CN2CCN(c3cc(C#N)ccn3)CC2)NC(=O)NC1c1ccc(Cl)cc1. The second kappa shape index (κ2) is 10.5. The Morgan fingerprint density at radius 1 is 1.24 bits per heavy atom. The molecule has 0 saturated carbocycles. The zero-order valence-corrected chi connectivity index (χ0v) is 19.5. The lowest BCUT2D eigenvalue weighted by atomic mass is 9.95. The van der Waals surface area contributed by atoms with E-state index in [0.717, 1.165) is 11.4 Å². The normalized spacial score (nSPS) is 18.7. The van der Waals surface area contributed by atoms with E-state index in [2.05, 4.69) is 31.5 Å². The molecule has 4 rings (SSSR count). The van der Waals surface area contributed by atoms with Gasteiger partial charge in [-0.25, -0.2) is 14.6 Å². The van der Waals surface area contributed by atoms with Gasteiger partial charge in [0, 0.05) is 49.6 Å². The lowest BCUT2D eigenvalue weighted by Crippen LogP contribution is -2.52. The Bertz CT molecular complexity index is 1140. The van der Waals surface area contributed by atoms with Gasteiger partial charge in [0.15, 0.2) is 0 Å². The summed E-state index contributed by atoms with van der Waals surface area (Å²) in [7, 11) is 0. The van der Waals surface area contributed by atoms with Gasteiger partial charge in [-0.1, -0.05) is 23.7 Å². The number of nitrogens with zero attached hydrogens (tertiary/aromatic N) is 4. The third-order valence-corrected chi connectivity index (χ3v) is 6.06. The molecule has 0 spiro atoms. The predicted octanol–water partition coefficient (Wildman–Crippen LogP) is 2.60. The summed E-state index contributed by atoms with van der Waals surface area (Å²) in [6, 6.07) is 11.6. The number of pyridine rings is 1. The summed E-state index contributed by atoms with van der Waals surface area (Å²) in [6.07, 6.45) is 1.64. The average Bonchev–Trinajstić information content (AvgIpc) is 2.85. The Kier molecular flexibility index (Phi) is 7.30. The third kappa shape index (κ3) is 5.30. The molecule has 2 aromatic rings. The van der Waals surface area contributed by atoms with Crippen LogP contribution in [0.4, 0.5) is 10.6 Å². The molecule has 10 heteroatoms. The molecule has 0 radical (unpaired) electrons. The molecule has 34 heavy (non-hydrogen) atoms. The summed E-state index contributed by atoms with van der Waals surface area (Å²) in [4.78, 5) is 34.1. The number of anilines is 1. The van der Waals surface area contributed by atoms with Crippen LogP contribution in [-0.2, 0) is 9.53 Å². The number of carbonyl (C=O) groups excluding carboxylic acids is 2. The lowest BCUT2D eigenvalue weighted by molar-refractivity contribution is -0.139. The van der Waals surface area contributed by atoms with Crippen LogP contribution in [0.5, 0.6) is 0 Å². The number of ether oxygens (including phenoxy) is 1. The molecule has 9 nitrogen and oxygen atoms in total. The zero-order chi connectivity index (χ0) is 24.1. The topological polar surface area (TPSA) is 111 Å². The summed E-state index contributed by atoms with van der Waals surface area (Å²) in [5, 5.41) is 15.4. The van der Waals surface area contributed by atoms with E-state index in [1.165, 1.54) is 0 Å². The molecule has 1 fully saturated rings. The molecule has 2 aliphatic heterocycles. The van der Waals surface area contributed by atoms with Crippen molar-refractivity contribution in [3.05, 3.63) is 70.0 Å². The van der Waals surface area contributed by atoms with Crippen molar-refractivity contribution in [2.24, 2.45) is 0 Å². The van der Waals surface area contributed by atoms with E-state index in [4.69, 9.17) is 21.6 Å². The number of urea groups is 1. The van der Waals surface area contributed by atoms with Crippen molar-refractivity contribution in [2.75, 3.05) is 44.2 Å². The Labute approximate surface area is 203 Å². The van der Waals surface area contributed by atoms with Crippen LogP contribution in [0.25, 0.3) is 0 Å². The molecule has 1 aromatic heterocycles. The van der Waals surface area contributed by atoms with Gasteiger partial charge >= 0.3 is 12.0 Å². The fraction of sp³-hybridized carbons (Fsp3) is 0.333. The minimum absolute atomic E-state index is 0.227. The summed E-state index contributed by atoms with van der Waals surface area (Å²) in [5.74, 6) is 0.296. The zero-order valence-electron chi connectivity index (χ0n) is 18.8. The van der Waals surface area contributed by atoms with Crippen molar-refractivity contribution >= 4 is 29.4 Å². The molecular weight excluding hydrogens is 456 g/mol. The molecule has 176 valence electrons. The first kappa shape index (κ1) is 23.5. The number of halogens is 1. The Morgan fingerprint density at radius 3 is 2.65 bits per heavy atom. The smallest absolute Gasteiger partial charge is 0.338 e. The number of hydrogen-bond donors (Lipinski definition) is 2. The Hall–Kier alpha value is -3.61. The van der Waals surface area contributed by atoms with Crippen molar-refractivity contribution in [2.45, 2.75) is 13.0 Å². The van der Waals surface area contributed by atoms with Crippen LogP contribution in [0.1, 0.15) is 24.1 Å². The Morgan fingerprint density at radius 2 is 1.97 bits per heavy atom. The van der Waals surface area contributed by atoms with Crippen molar-refractivity contribution in [1.82, 2.24) is 20.5 Å². The van der Waals surface area contributed by atoms with Crippen LogP contribution in [0.2, 0.25) is 5.02 Å². The van der Waals surface area contributed by atoms with Gasteiger partial charge in [0.05, 0.1) is 29.9 Å². The molecule has 1 aromatic carbocycles. The predicted molar refractivity (Wildman–Crippen MR) is 127 cm³/mol. The van der Waals surface area contributed by atoms with Gasteiger partial charge in [-0.15, -0.1) is 0 Å². The second-order valence-corrected chi connectivity index (χ2v) is 8.41. The van der Waals surface area contributed by atoms with Crippen LogP contribution in [0, 0.1) is 11.3 Å². The van der Waals surface area contributed by atoms with Gasteiger partial charge in [-0.3, -0.25) is 4.90 Å². The van der Waals surface area contributed by atoms with Gasteiger partial charge in [0.1, 0.15) is 5.82 Å². The molecule has 0 aliphatic carbocycles. The average molecular weight is 481 g/mol. The van der Waals surface area contributed by atoms with E-state index in [9.17, 15) is 9.59 Å². The van der Waals surface area contributed by atoms with Crippen LogP contribution in [-0.4, -0.2) is 61.2 Å². The van der Waals surface area contributed by atoms with Crippen molar-refractivity contribution < 1.29 is 14.3 Å².